The fourth-order valence-electron chi connectivity index (χ4n) is 1.82. The Bertz CT molecular complexity index is 480. The molecule has 0 saturated carbocycles. The first-order chi connectivity index (χ1) is 8.93. The molecule has 1 aromatic heterocycles. The summed E-state index contributed by atoms with van der Waals surface area (Å²) in [6.45, 7) is 7.57. The van der Waals surface area contributed by atoms with Gasteiger partial charge in [0.1, 0.15) is 5.82 Å². The third-order valence-electron chi connectivity index (χ3n) is 2.62. The molecule has 0 aromatic carbocycles. The number of sulfonamides is 1. The van der Waals surface area contributed by atoms with Crippen LogP contribution < -0.4 is 10.0 Å². The maximum absolute atomic E-state index is 11.9. The van der Waals surface area contributed by atoms with Gasteiger partial charge in [-0.1, -0.05) is 6.92 Å². The van der Waals surface area contributed by atoms with Crippen molar-refractivity contribution >= 4 is 15.8 Å². The molecule has 0 fully saturated rings. The van der Waals surface area contributed by atoms with Crippen molar-refractivity contribution < 1.29 is 8.42 Å². The fourth-order valence-corrected chi connectivity index (χ4v) is 2.93. The van der Waals surface area contributed by atoms with Gasteiger partial charge in [-0.05, 0) is 57.5 Å². The number of nitrogens with zero attached hydrogens (tertiary/aromatic N) is 1. The molecule has 0 aliphatic heterocycles. The zero-order chi connectivity index (χ0) is 14.3. The number of anilines is 1. The highest BCUT2D eigenvalue weighted by molar-refractivity contribution is 7.92. The van der Waals surface area contributed by atoms with Crippen LogP contribution in [0, 0.1) is 13.8 Å². The van der Waals surface area contributed by atoms with Crippen molar-refractivity contribution in [2.24, 2.45) is 0 Å². The summed E-state index contributed by atoms with van der Waals surface area (Å²) in [6, 6.07) is 3.65. The van der Waals surface area contributed by atoms with Gasteiger partial charge in [0.15, 0.2) is 0 Å². The van der Waals surface area contributed by atoms with E-state index in [1.165, 1.54) is 0 Å². The molecule has 1 rings (SSSR count). The van der Waals surface area contributed by atoms with Gasteiger partial charge in [-0.15, -0.1) is 0 Å². The van der Waals surface area contributed by atoms with Gasteiger partial charge in [-0.2, -0.15) is 0 Å². The second-order valence-electron chi connectivity index (χ2n) is 4.65. The zero-order valence-corrected chi connectivity index (χ0v) is 12.7. The predicted octanol–water partition coefficient (Wildman–Crippen LogP) is 1.83. The van der Waals surface area contributed by atoms with Crippen LogP contribution in [0.15, 0.2) is 12.1 Å². The summed E-state index contributed by atoms with van der Waals surface area (Å²) in [5, 5.41) is 3.17. The van der Waals surface area contributed by atoms with E-state index < -0.39 is 10.0 Å². The van der Waals surface area contributed by atoms with Crippen LogP contribution >= 0.6 is 0 Å². The normalized spacial score (nSPS) is 11.5. The number of nitrogens with one attached hydrogen (secondary N) is 2. The molecule has 0 aliphatic carbocycles. The first-order valence-corrected chi connectivity index (χ1v) is 8.24. The summed E-state index contributed by atoms with van der Waals surface area (Å²) in [5.74, 6) is 0.539. The van der Waals surface area contributed by atoms with Crippen LogP contribution in [0.5, 0.6) is 0 Å². The molecule has 19 heavy (non-hydrogen) atoms. The molecule has 2 N–H and O–H groups in total. The number of aryl methyl sites for hydroxylation is 2. The first kappa shape index (κ1) is 15.9. The van der Waals surface area contributed by atoms with Gasteiger partial charge in [0.25, 0.3) is 0 Å². The third-order valence-corrected chi connectivity index (χ3v) is 3.97. The molecule has 1 heterocycles. The van der Waals surface area contributed by atoms with E-state index in [4.69, 9.17) is 0 Å². The number of rotatable bonds is 8. The summed E-state index contributed by atoms with van der Waals surface area (Å²) >= 11 is 0. The highest BCUT2D eigenvalue weighted by Crippen LogP contribution is 2.11. The Kier molecular flexibility index (Phi) is 6.24. The van der Waals surface area contributed by atoms with E-state index in [1.54, 1.807) is 6.07 Å². The van der Waals surface area contributed by atoms with Gasteiger partial charge in [-0.3, -0.25) is 4.72 Å². The summed E-state index contributed by atoms with van der Waals surface area (Å²) in [7, 11) is -3.30. The lowest BCUT2D eigenvalue weighted by molar-refractivity contribution is 0.593. The summed E-state index contributed by atoms with van der Waals surface area (Å²) in [5.41, 5.74) is 1.81. The molecule has 0 aliphatic rings. The Morgan fingerprint density at radius 1 is 1.21 bits per heavy atom. The molecular weight excluding hydrogens is 262 g/mol. The molecule has 1 aromatic rings. The number of pyridine rings is 1. The van der Waals surface area contributed by atoms with Crippen molar-refractivity contribution in [3.8, 4) is 0 Å². The lowest BCUT2D eigenvalue weighted by atomic mass is 10.2. The minimum atomic E-state index is -3.30. The largest absolute Gasteiger partial charge is 0.317 e. The third kappa shape index (κ3) is 6.54. The van der Waals surface area contributed by atoms with Gasteiger partial charge < -0.3 is 5.32 Å². The van der Waals surface area contributed by atoms with E-state index in [9.17, 15) is 8.42 Å². The molecule has 0 radical (unpaired) electrons. The average molecular weight is 285 g/mol. The minimum absolute atomic E-state index is 0.132. The van der Waals surface area contributed by atoms with Gasteiger partial charge in [0, 0.05) is 5.69 Å². The SMILES string of the molecule is CCNCCCCS(=O)(=O)Nc1cc(C)cc(C)n1. The summed E-state index contributed by atoms with van der Waals surface area (Å²) < 4.78 is 26.3. The predicted molar refractivity (Wildman–Crippen MR) is 78.9 cm³/mol. The van der Waals surface area contributed by atoms with Crippen molar-refractivity contribution in [1.82, 2.24) is 10.3 Å². The smallest absolute Gasteiger partial charge is 0.233 e. The lowest BCUT2D eigenvalue weighted by Crippen LogP contribution is -2.20. The Morgan fingerprint density at radius 3 is 2.58 bits per heavy atom. The summed E-state index contributed by atoms with van der Waals surface area (Å²) in [4.78, 5) is 4.17. The topological polar surface area (TPSA) is 71.1 Å². The quantitative estimate of drug-likeness (QED) is 0.715. The second kappa shape index (κ2) is 7.45. The van der Waals surface area contributed by atoms with E-state index in [0.29, 0.717) is 12.2 Å². The fraction of sp³-hybridized carbons (Fsp3) is 0.615. The van der Waals surface area contributed by atoms with Crippen LogP contribution in [0.2, 0.25) is 0 Å². The molecule has 0 atom stereocenters. The van der Waals surface area contributed by atoms with Crippen molar-refractivity contribution in [3.05, 3.63) is 23.4 Å². The molecule has 6 heteroatoms. The number of hydrogen-bond donors (Lipinski definition) is 2. The first-order valence-electron chi connectivity index (χ1n) is 6.59. The van der Waals surface area contributed by atoms with Crippen LogP contribution in [0.4, 0.5) is 5.82 Å². The maximum atomic E-state index is 11.9. The standard InChI is InChI=1S/C13H23N3O2S/c1-4-14-7-5-6-8-19(17,18)16-13-10-11(2)9-12(3)15-13/h9-10,14H,4-8H2,1-3H3,(H,15,16). The van der Waals surface area contributed by atoms with Gasteiger partial charge in [-0.25, -0.2) is 13.4 Å². The van der Waals surface area contributed by atoms with Crippen LogP contribution in [-0.4, -0.2) is 32.2 Å². The van der Waals surface area contributed by atoms with Crippen molar-refractivity contribution in [3.63, 3.8) is 0 Å². The molecule has 0 spiro atoms. The molecular formula is C13H23N3O2S. The monoisotopic (exact) mass is 285 g/mol. The van der Waals surface area contributed by atoms with Crippen LogP contribution in [0.3, 0.4) is 0 Å². The zero-order valence-electron chi connectivity index (χ0n) is 11.9. The van der Waals surface area contributed by atoms with E-state index in [0.717, 1.165) is 30.8 Å². The molecule has 0 unspecified atom stereocenters. The van der Waals surface area contributed by atoms with Crippen molar-refractivity contribution in [1.29, 1.82) is 0 Å². The lowest BCUT2D eigenvalue weighted by Gasteiger charge is -2.09. The second-order valence-corrected chi connectivity index (χ2v) is 6.49. The molecule has 0 bridgehead atoms. The maximum Gasteiger partial charge on any atom is 0.233 e. The number of unbranched alkanes of at least 4 members (excludes halogenated alkanes) is 1. The van der Waals surface area contributed by atoms with Gasteiger partial charge in [0.05, 0.1) is 5.75 Å². The Hall–Kier alpha value is -1.14. The summed E-state index contributed by atoms with van der Waals surface area (Å²) in [6.07, 6.45) is 1.50. The Labute approximate surface area is 115 Å². The average Bonchev–Trinajstić information content (AvgIpc) is 2.26. The van der Waals surface area contributed by atoms with Crippen LogP contribution in [0.25, 0.3) is 0 Å². The Morgan fingerprint density at radius 2 is 1.95 bits per heavy atom. The van der Waals surface area contributed by atoms with Gasteiger partial charge in [0.2, 0.25) is 10.0 Å². The van der Waals surface area contributed by atoms with E-state index in [2.05, 4.69) is 15.0 Å². The number of aromatic nitrogens is 1. The number of hydrogen-bond acceptors (Lipinski definition) is 4. The minimum Gasteiger partial charge on any atom is -0.317 e. The van der Waals surface area contributed by atoms with E-state index in [1.807, 2.05) is 26.8 Å². The van der Waals surface area contributed by atoms with Gasteiger partial charge >= 0.3 is 0 Å². The van der Waals surface area contributed by atoms with E-state index >= 15 is 0 Å². The molecule has 0 amide bonds. The van der Waals surface area contributed by atoms with Crippen LogP contribution in [-0.2, 0) is 10.0 Å². The van der Waals surface area contributed by atoms with Crippen molar-refractivity contribution in [2.45, 2.75) is 33.6 Å². The molecule has 5 nitrogen and oxygen atoms in total. The molecule has 0 saturated heterocycles. The van der Waals surface area contributed by atoms with Crippen molar-refractivity contribution in [2.75, 3.05) is 23.6 Å². The van der Waals surface area contributed by atoms with E-state index in [-0.39, 0.29) is 5.75 Å². The Balaban J connectivity index is 2.49. The highest BCUT2D eigenvalue weighted by Gasteiger charge is 2.11. The highest BCUT2D eigenvalue weighted by atomic mass is 32.2. The van der Waals surface area contributed by atoms with Crippen LogP contribution in [0.1, 0.15) is 31.0 Å². The molecule has 108 valence electrons.